The highest BCUT2D eigenvalue weighted by Gasteiger charge is 2.29. The Hall–Kier alpha value is -1.20. The fourth-order valence-corrected chi connectivity index (χ4v) is 2.04. The number of carbonyl (C=O) groups excluding carboxylic acids is 1. The lowest BCUT2D eigenvalue weighted by Gasteiger charge is -2.17. The Labute approximate surface area is 110 Å². The summed E-state index contributed by atoms with van der Waals surface area (Å²) in [4.78, 5) is 13.1. The van der Waals surface area contributed by atoms with Gasteiger partial charge in [-0.25, -0.2) is 8.78 Å². The van der Waals surface area contributed by atoms with Gasteiger partial charge in [-0.1, -0.05) is 6.07 Å². The van der Waals surface area contributed by atoms with Gasteiger partial charge in [0.05, 0.1) is 6.54 Å². The van der Waals surface area contributed by atoms with E-state index >= 15 is 0 Å². The Kier molecular flexibility index (Phi) is 5.04. The van der Waals surface area contributed by atoms with Gasteiger partial charge in [-0.05, 0) is 24.6 Å². The summed E-state index contributed by atoms with van der Waals surface area (Å²) in [6.07, 6.45) is 0.368. The van der Waals surface area contributed by atoms with E-state index in [0.717, 1.165) is 0 Å². The van der Waals surface area contributed by atoms with Crippen LogP contribution >= 0.6 is 12.4 Å². The Morgan fingerprint density at radius 1 is 1.33 bits per heavy atom. The van der Waals surface area contributed by atoms with Crippen molar-refractivity contribution in [3.05, 3.63) is 35.4 Å². The van der Waals surface area contributed by atoms with Crippen LogP contribution in [0, 0.1) is 17.6 Å². The van der Waals surface area contributed by atoms with Crippen molar-refractivity contribution in [1.29, 1.82) is 0 Å². The maximum atomic E-state index is 13.4. The lowest BCUT2D eigenvalue weighted by molar-refractivity contribution is -0.128. The molecule has 1 amide bonds. The number of carbonyl (C=O) groups is 1. The van der Waals surface area contributed by atoms with Gasteiger partial charge in [-0.2, -0.15) is 0 Å². The van der Waals surface area contributed by atoms with Crippen LogP contribution in [0.4, 0.5) is 8.78 Å². The van der Waals surface area contributed by atoms with Crippen molar-refractivity contribution in [2.24, 2.45) is 11.7 Å². The van der Waals surface area contributed by atoms with E-state index in [2.05, 4.69) is 0 Å². The summed E-state index contributed by atoms with van der Waals surface area (Å²) < 4.78 is 26.8. The molecule has 6 heteroatoms. The third-order valence-corrected chi connectivity index (χ3v) is 3.04. The summed E-state index contributed by atoms with van der Waals surface area (Å²) in [5.74, 6) is -1.23. The summed E-state index contributed by atoms with van der Waals surface area (Å²) >= 11 is 0. The van der Waals surface area contributed by atoms with Crippen LogP contribution in [-0.4, -0.2) is 23.9 Å². The SMILES string of the molecule is Cl.NCC1CC(=O)N(Cc2c(F)cccc2F)C1. The van der Waals surface area contributed by atoms with E-state index in [0.29, 0.717) is 19.5 Å². The van der Waals surface area contributed by atoms with E-state index in [4.69, 9.17) is 5.73 Å². The van der Waals surface area contributed by atoms with E-state index in [1.54, 1.807) is 0 Å². The molecule has 0 radical (unpaired) electrons. The molecule has 1 saturated heterocycles. The maximum Gasteiger partial charge on any atom is 0.223 e. The highest BCUT2D eigenvalue weighted by Crippen LogP contribution is 2.21. The molecule has 100 valence electrons. The van der Waals surface area contributed by atoms with Crippen LogP contribution in [0.1, 0.15) is 12.0 Å². The molecule has 0 aromatic heterocycles. The van der Waals surface area contributed by atoms with Gasteiger partial charge in [0, 0.05) is 18.5 Å². The first kappa shape index (κ1) is 14.9. The van der Waals surface area contributed by atoms with Gasteiger partial charge in [-0.3, -0.25) is 4.79 Å². The number of benzene rings is 1. The van der Waals surface area contributed by atoms with Gasteiger partial charge in [0.1, 0.15) is 11.6 Å². The van der Waals surface area contributed by atoms with Crippen LogP contribution < -0.4 is 5.73 Å². The first-order valence-electron chi connectivity index (χ1n) is 5.52. The molecular formula is C12H15ClF2N2O. The van der Waals surface area contributed by atoms with Gasteiger partial charge in [-0.15, -0.1) is 12.4 Å². The van der Waals surface area contributed by atoms with Crippen molar-refractivity contribution in [1.82, 2.24) is 4.90 Å². The number of rotatable bonds is 3. The Bertz CT molecular complexity index is 422. The zero-order valence-corrected chi connectivity index (χ0v) is 10.6. The molecule has 1 aliphatic rings. The molecule has 0 bridgehead atoms. The molecule has 2 N–H and O–H groups in total. The van der Waals surface area contributed by atoms with E-state index in [1.807, 2.05) is 0 Å². The average molecular weight is 277 g/mol. The molecule has 1 unspecified atom stereocenters. The predicted molar refractivity (Wildman–Crippen MR) is 66.2 cm³/mol. The lowest BCUT2D eigenvalue weighted by atomic mass is 10.1. The van der Waals surface area contributed by atoms with Gasteiger partial charge in [0.25, 0.3) is 0 Å². The normalized spacial score (nSPS) is 18.9. The molecule has 1 heterocycles. The minimum Gasteiger partial charge on any atom is -0.338 e. The van der Waals surface area contributed by atoms with Crippen LogP contribution in [0.3, 0.4) is 0 Å². The first-order valence-corrected chi connectivity index (χ1v) is 5.52. The predicted octanol–water partition coefficient (Wildman–Crippen LogP) is 1.69. The monoisotopic (exact) mass is 276 g/mol. The van der Waals surface area contributed by atoms with Crippen LogP contribution in [0.5, 0.6) is 0 Å². The number of amides is 1. The maximum absolute atomic E-state index is 13.4. The van der Waals surface area contributed by atoms with Crippen LogP contribution in [0.25, 0.3) is 0 Å². The molecule has 0 saturated carbocycles. The number of likely N-dealkylation sites (tertiary alicyclic amines) is 1. The minimum absolute atomic E-state index is 0. The molecule has 1 aliphatic heterocycles. The molecular weight excluding hydrogens is 262 g/mol. The molecule has 0 aliphatic carbocycles. The zero-order chi connectivity index (χ0) is 12.4. The zero-order valence-electron chi connectivity index (χ0n) is 9.73. The van der Waals surface area contributed by atoms with Crippen molar-refractivity contribution in [2.75, 3.05) is 13.1 Å². The molecule has 18 heavy (non-hydrogen) atoms. The molecule has 1 fully saturated rings. The van der Waals surface area contributed by atoms with E-state index in [1.165, 1.54) is 23.1 Å². The van der Waals surface area contributed by atoms with E-state index in [9.17, 15) is 13.6 Å². The first-order chi connectivity index (χ1) is 8.11. The molecule has 1 aromatic rings. The fraction of sp³-hybridized carbons (Fsp3) is 0.417. The van der Waals surface area contributed by atoms with Crippen molar-refractivity contribution in [2.45, 2.75) is 13.0 Å². The van der Waals surface area contributed by atoms with E-state index < -0.39 is 11.6 Å². The summed E-state index contributed by atoms with van der Waals surface area (Å²) in [5, 5.41) is 0. The average Bonchev–Trinajstić information content (AvgIpc) is 2.65. The van der Waals surface area contributed by atoms with Crippen LogP contribution in [-0.2, 0) is 11.3 Å². The quantitative estimate of drug-likeness (QED) is 0.913. The van der Waals surface area contributed by atoms with Gasteiger partial charge in [0.2, 0.25) is 5.91 Å². The third-order valence-electron chi connectivity index (χ3n) is 3.04. The van der Waals surface area contributed by atoms with Crippen molar-refractivity contribution >= 4 is 18.3 Å². The van der Waals surface area contributed by atoms with Crippen molar-refractivity contribution in [3.8, 4) is 0 Å². The van der Waals surface area contributed by atoms with E-state index in [-0.39, 0.29) is 36.3 Å². The van der Waals surface area contributed by atoms with Gasteiger partial charge >= 0.3 is 0 Å². The number of nitrogens with zero attached hydrogens (tertiary/aromatic N) is 1. The highest BCUT2D eigenvalue weighted by molar-refractivity contribution is 5.85. The van der Waals surface area contributed by atoms with Crippen molar-refractivity contribution in [3.63, 3.8) is 0 Å². The second-order valence-corrected chi connectivity index (χ2v) is 4.28. The Morgan fingerprint density at radius 3 is 2.44 bits per heavy atom. The third kappa shape index (κ3) is 2.97. The largest absolute Gasteiger partial charge is 0.338 e. The fourth-order valence-electron chi connectivity index (χ4n) is 2.04. The second-order valence-electron chi connectivity index (χ2n) is 4.28. The molecule has 2 rings (SSSR count). The summed E-state index contributed by atoms with van der Waals surface area (Å²) in [6, 6.07) is 3.70. The Morgan fingerprint density at radius 2 is 1.94 bits per heavy atom. The second kappa shape index (κ2) is 6.11. The smallest absolute Gasteiger partial charge is 0.223 e. The standard InChI is InChI=1S/C12H14F2N2O.ClH/c13-10-2-1-3-11(14)9(10)7-16-6-8(5-15)4-12(16)17;/h1-3,8H,4-7,15H2;1H. The number of halogens is 3. The summed E-state index contributed by atoms with van der Waals surface area (Å²) in [6.45, 7) is 0.874. The molecule has 3 nitrogen and oxygen atoms in total. The minimum atomic E-state index is -0.617. The molecule has 1 atom stereocenters. The highest BCUT2D eigenvalue weighted by atomic mass is 35.5. The van der Waals surface area contributed by atoms with Gasteiger partial charge in [0.15, 0.2) is 0 Å². The Balaban J connectivity index is 0.00000162. The van der Waals surface area contributed by atoms with Crippen LogP contribution in [0.15, 0.2) is 18.2 Å². The van der Waals surface area contributed by atoms with Crippen LogP contribution in [0.2, 0.25) is 0 Å². The number of hydrogen-bond acceptors (Lipinski definition) is 2. The number of nitrogens with two attached hydrogens (primary N) is 1. The van der Waals surface area contributed by atoms with Crippen molar-refractivity contribution < 1.29 is 13.6 Å². The summed E-state index contributed by atoms with van der Waals surface area (Å²) in [7, 11) is 0. The van der Waals surface area contributed by atoms with Gasteiger partial charge < -0.3 is 10.6 Å². The topological polar surface area (TPSA) is 46.3 Å². The molecule has 0 spiro atoms. The molecule has 1 aromatic carbocycles. The lowest BCUT2D eigenvalue weighted by Crippen LogP contribution is -2.26. The summed E-state index contributed by atoms with van der Waals surface area (Å²) in [5.41, 5.74) is 5.43. The number of hydrogen-bond donors (Lipinski definition) is 1.